The van der Waals surface area contributed by atoms with Crippen molar-refractivity contribution < 1.29 is 9.53 Å². The molecule has 0 aromatic rings. The largest absolute Gasteiger partial charge is 0.432 e. The molecule has 0 aliphatic heterocycles. The number of allylic oxidation sites excluding steroid dienone is 1. The summed E-state index contributed by atoms with van der Waals surface area (Å²) in [5.74, 6) is -0.398. The van der Waals surface area contributed by atoms with Crippen LogP contribution in [0.1, 0.15) is 39.0 Å². The van der Waals surface area contributed by atoms with Crippen LogP contribution in [0.4, 0.5) is 0 Å². The molecule has 13 heavy (non-hydrogen) atoms. The Balaban J connectivity index is 3.21. The molecule has 74 valence electrons. The van der Waals surface area contributed by atoms with E-state index < -0.39 is 5.97 Å². The Labute approximate surface area is 80.3 Å². The van der Waals surface area contributed by atoms with Gasteiger partial charge in [-0.1, -0.05) is 32.8 Å². The van der Waals surface area contributed by atoms with E-state index in [2.05, 4.69) is 18.2 Å². The van der Waals surface area contributed by atoms with Gasteiger partial charge < -0.3 is 4.74 Å². The first-order valence-electron chi connectivity index (χ1n) is 4.79. The fraction of sp³-hybridized carbons (Fsp3) is 0.545. The van der Waals surface area contributed by atoms with Crippen LogP contribution in [0.5, 0.6) is 0 Å². The van der Waals surface area contributed by atoms with E-state index >= 15 is 0 Å². The van der Waals surface area contributed by atoms with Crippen LogP contribution in [0, 0.1) is 0 Å². The van der Waals surface area contributed by atoms with Crippen LogP contribution in [0.15, 0.2) is 25.0 Å². The maximum atomic E-state index is 10.6. The monoisotopic (exact) mass is 182 g/mol. The van der Waals surface area contributed by atoms with Crippen LogP contribution in [0.3, 0.4) is 0 Å². The third-order valence-corrected chi connectivity index (χ3v) is 1.67. The number of hydrogen-bond donors (Lipinski definition) is 0. The molecule has 0 N–H and O–H groups in total. The Morgan fingerprint density at radius 3 is 2.77 bits per heavy atom. The number of unbranched alkanes of at least 4 members (excludes halogenated alkanes) is 4. The Kier molecular flexibility index (Phi) is 8.31. The first-order valence-corrected chi connectivity index (χ1v) is 4.79. The fourth-order valence-electron chi connectivity index (χ4n) is 0.920. The summed E-state index contributed by atoms with van der Waals surface area (Å²) >= 11 is 0. The predicted octanol–water partition coefficient (Wildman–Crippen LogP) is 3.20. The number of carbonyl (C=O) groups excluding carboxylic acids is 1. The lowest BCUT2D eigenvalue weighted by Crippen LogP contribution is -1.91. The third-order valence-electron chi connectivity index (χ3n) is 1.67. The quantitative estimate of drug-likeness (QED) is 0.261. The fourth-order valence-corrected chi connectivity index (χ4v) is 0.920. The average Bonchev–Trinajstić information content (AvgIpc) is 2.16. The van der Waals surface area contributed by atoms with Crippen molar-refractivity contribution in [2.45, 2.75) is 39.0 Å². The number of ether oxygens (including phenoxy) is 1. The summed E-state index contributed by atoms with van der Waals surface area (Å²) in [6.45, 7) is 5.47. The summed E-state index contributed by atoms with van der Waals surface area (Å²) in [5.41, 5.74) is 0. The molecule has 0 spiro atoms. The van der Waals surface area contributed by atoms with Crippen molar-refractivity contribution in [2.24, 2.45) is 0 Å². The van der Waals surface area contributed by atoms with Gasteiger partial charge in [0, 0.05) is 6.08 Å². The molecule has 0 unspecified atom stereocenters. The second kappa shape index (κ2) is 9.04. The van der Waals surface area contributed by atoms with Gasteiger partial charge in [-0.05, 0) is 18.9 Å². The van der Waals surface area contributed by atoms with Crippen molar-refractivity contribution in [2.75, 3.05) is 0 Å². The summed E-state index contributed by atoms with van der Waals surface area (Å²) in [7, 11) is 0. The molecule has 0 amide bonds. The van der Waals surface area contributed by atoms with E-state index in [1.807, 2.05) is 6.08 Å². The zero-order valence-electron chi connectivity index (χ0n) is 8.29. The molecule has 0 rings (SSSR count). The highest BCUT2D eigenvalue weighted by Crippen LogP contribution is 2.02. The lowest BCUT2D eigenvalue weighted by molar-refractivity contribution is -0.132. The van der Waals surface area contributed by atoms with Gasteiger partial charge in [-0.25, -0.2) is 4.79 Å². The van der Waals surface area contributed by atoms with Crippen molar-refractivity contribution in [3.8, 4) is 0 Å². The van der Waals surface area contributed by atoms with E-state index in [1.165, 1.54) is 25.5 Å². The lowest BCUT2D eigenvalue weighted by atomic mass is 10.1. The summed E-state index contributed by atoms with van der Waals surface area (Å²) in [6.07, 6.45) is 10.4. The van der Waals surface area contributed by atoms with E-state index in [1.54, 1.807) is 0 Å². The van der Waals surface area contributed by atoms with Gasteiger partial charge in [0.25, 0.3) is 0 Å². The highest BCUT2D eigenvalue weighted by Gasteiger charge is 1.88. The number of hydrogen-bond acceptors (Lipinski definition) is 2. The van der Waals surface area contributed by atoms with Gasteiger partial charge in [0.1, 0.15) is 0 Å². The lowest BCUT2D eigenvalue weighted by Gasteiger charge is -1.94. The topological polar surface area (TPSA) is 26.3 Å². The highest BCUT2D eigenvalue weighted by atomic mass is 16.5. The van der Waals surface area contributed by atoms with E-state index in [0.717, 1.165) is 18.9 Å². The van der Waals surface area contributed by atoms with Crippen LogP contribution in [0.2, 0.25) is 0 Å². The van der Waals surface area contributed by atoms with Gasteiger partial charge >= 0.3 is 5.97 Å². The molecule has 2 nitrogen and oxygen atoms in total. The van der Waals surface area contributed by atoms with Crippen molar-refractivity contribution in [1.82, 2.24) is 0 Å². The van der Waals surface area contributed by atoms with Crippen LogP contribution >= 0.6 is 0 Å². The molecule has 0 aliphatic carbocycles. The van der Waals surface area contributed by atoms with Crippen LogP contribution in [0.25, 0.3) is 0 Å². The second-order valence-electron chi connectivity index (χ2n) is 2.86. The summed E-state index contributed by atoms with van der Waals surface area (Å²) < 4.78 is 4.66. The molecule has 0 radical (unpaired) electrons. The Hall–Kier alpha value is -1.05. The van der Waals surface area contributed by atoms with Gasteiger partial charge in [-0.2, -0.15) is 0 Å². The molecule has 0 aromatic heterocycles. The molecule has 0 aliphatic rings. The Morgan fingerprint density at radius 1 is 1.38 bits per heavy atom. The molecule has 0 aromatic carbocycles. The van der Waals surface area contributed by atoms with Gasteiger partial charge in [0.15, 0.2) is 0 Å². The second-order valence-corrected chi connectivity index (χ2v) is 2.86. The Morgan fingerprint density at radius 2 is 2.15 bits per heavy atom. The summed E-state index contributed by atoms with van der Waals surface area (Å²) in [5, 5.41) is 0. The summed E-state index contributed by atoms with van der Waals surface area (Å²) in [4.78, 5) is 10.6. The highest BCUT2D eigenvalue weighted by molar-refractivity contribution is 5.81. The maximum absolute atomic E-state index is 10.6. The van der Waals surface area contributed by atoms with Crippen LogP contribution in [-0.2, 0) is 9.53 Å². The molecule has 2 heteroatoms. The number of carbonyl (C=O) groups is 1. The molecular formula is C11H18O2. The van der Waals surface area contributed by atoms with Gasteiger partial charge in [-0.15, -0.1) is 0 Å². The van der Waals surface area contributed by atoms with Gasteiger partial charge in [0.2, 0.25) is 0 Å². The van der Waals surface area contributed by atoms with E-state index in [0.29, 0.717) is 0 Å². The minimum atomic E-state index is -0.398. The van der Waals surface area contributed by atoms with E-state index in [9.17, 15) is 4.79 Å². The molecule has 0 heterocycles. The normalized spacial score (nSPS) is 10.2. The molecule has 0 fully saturated rings. The molecule has 0 atom stereocenters. The minimum Gasteiger partial charge on any atom is -0.432 e. The Bertz CT molecular complexity index is 171. The number of rotatable bonds is 7. The molecule has 0 bridgehead atoms. The van der Waals surface area contributed by atoms with Crippen LogP contribution in [-0.4, -0.2) is 5.97 Å². The first-order chi connectivity index (χ1) is 6.31. The maximum Gasteiger partial charge on any atom is 0.334 e. The third kappa shape index (κ3) is 8.86. The zero-order chi connectivity index (χ0) is 9.94. The number of esters is 1. The zero-order valence-corrected chi connectivity index (χ0v) is 8.29. The van der Waals surface area contributed by atoms with E-state index in [4.69, 9.17) is 0 Å². The van der Waals surface area contributed by atoms with Crippen molar-refractivity contribution >= 4 is 5.97 Å². The smallest absolute Gasteiger partial charge is 0.334 e. The van der Waals surface area contributed by atoms with Gasteiger partial charge in [0.05, 0.1) is 6.26 Å². The van der Waals surface area contributed by atoms with E-state index in [-0.39, 0.29) is 0 Å². The average molecular weight is 182 g/mol. The van der Waals surface area contributed by atoms with Crippen molar-refractivity contribution in [3.63, 3.8) is 0 Å². The first kappa shape index (κ1) is 11.9. The summed E-state index contributed by atoms with van der Waals surface area (Å²) in [6, 6.07) is 0. The van der Waals surface area contributed by atoms with Crippen molar-refractivity contribution in [1.29, 1.82) is 0 Å². The predicted molar refractivity (Wildman–Crippen MR) is 54.2 cm³/mol. The molecular weight excluding hydrogens is 164 g/mol. The SMILES string of the molecule is C=CC(=O)O/C=C/CCCCCC. The molecule has 0 saturated carbocycles. The minimum absolute atomic E-state index is 0.398. The standard InChI is InChI=1S/C11H18O2/c1-3-5-6-7-8-9-10-13-11(12)4-2/h4,9-10H,2-3,5-8H2,1H3/b10-9+. The van der Waals surface area contributed by atoms with Crippen molar-refractivity contribution in [3.05, 3.63) is 25.0 Å². The molecule has 0 saturated heterocycles. The van der Waals surface area contributed by atoms with Gasteiger partial charge in [-0.3, -0.25) is 0 Å². The van der Waals surface area contributed by atoms with Crippen LogP contribution < -0.4 is 0 Å².